The number of thiazole rings is 1. The highest BCUT2D eigenvalue weighted by atomic mass is 32.1. The lowest BCUT2D eigenvalue weighted by atomic mass is 10.1. The Morgan fingerprint density at radius 1 is 1.27 bits per heavy atom. The van der Waals surface area contributed by atoms with Gasteiger partial charge in [-0.25, -0.2) is 19.2 Å². The SMILES string of the molecule is CCOC(=O)[C@@H]1O[C@H]1C(=O)N[C@@H](Cc1cnc[nH]1)C(=O)Nc1nc(-c2ccc(F)cc2)cs1. The number of esters is 1. The Balaban J connectivity index is 1.42. The molecule has 3 N–H and O–H groups in total. The molecule has 12 heteroatoms. The number of carbonyl (C=O) groups is 3. The number of benzene rings is 1. The number of rotatable bonds is 9. The monoisotopic (exact) mass is 473 g/mol. The first-order valence-corrected chi connectivity index (χ1v) is 10.9. The molecule has 1 aliphatic heterocycles. The van der Waals surface area contributed by atoms with E-state index in [0.29, 0.717) is 22.1 Å². The largest absolute Gasteiger partial charge is 0.464 e. The van der Waals surface area contributed by atoms with Gasteiger partial charge < -0.3 is 25.1 Å². The van der Waals surface area contributed by atoms with Crippen molar-refractivity contribution in [3.8, 4) is 11.3 Å². The molecule has 0 saturated carbocycles. The maximum atomic E-state index is 13.1. The Labute approximate surface area is 191 Å². The zero-order valence-electron chi connectivity index (χ0n) is 17.4. The van der Waals surface area contributed by atoms with Crippen LogP contribution in [0.5, 0.6) is 0 Å². The molecule has 1 fully saturated rings. The van der Waals surface area contributed by atoms with E-state index in [4.69, 9.17) is 9.47 Å². The number of amides is 2. The van der Waals surface area contributed by atoms with Gasteiger partial charge >= 0.3 is 5.97 Å². The van der Waals surface area contributed by atoms with Crippen LogP contribution in [0.1, 0.15) is 12.6 Å². The summed E-state index contributed by atoms with van der Waals surface area (Å²) in [5.74, 6) is -2.08. The second kappa shape index (κ2) is 9.88. The van der Waals surface area contributed by atoms with E-state index in [1.807, 2.05) is 0 Å². The highest BCUT2D eigenvalue weighted by molar-refractivity contribution is 7.14. The zero-order valence-corrected chi connectivity index (χ0v) is 18.2. The molecule has 2 aromatic heterocycles. The van der Waals surface area contributed by atoms with Gasteiger partial charge in [0.05, 0.1) is 18.6 Å². The van der Waals surface area contributed by atoms with Crippen LogP contribution in [-0.2, 0) is 30.3 Å². The van der Waals surface area contributed by atoms with Crippen LogP contribution < -0.4 is 10.6 Å². The van der Waals surface area contributed by atoms with Crippen molar-refractivity contribution in [2.24, 2.45) is 0 Å². The molecule has 3 heterocycles. The highest BCUT2D eigenvalue weighted by Gasteiger charge is 2.52. The number of halogens is 1. The smallest absolute Gasteiger partial charge is 0.338 e. The van der Waals surface area contributed by atoms with Gasteiger partial charge in [0.1, 0.15) is 11.9 Å². The fourth-order valence-corrected chi connectivity index (χ4v) is 3.79. The van der Waals surface area contributed by atoms with Crippen molar-refractivity contribution in [2.75, 3.05) is 11.9 Å². The van der Waals surface area contributed by atoms with Gasteiger partial charge in [-0.1, -0.05) is 0 Å². The second-order valence-corrected chi connectivity index (χ2v) is 7.96. The van der Waals surface area contributed by atoms with Gasteiger partial charge in [0.2, 0.25) is 5.91 Å². The van der Waals surface area contributed by atoms with Crippen LogP contribution in [0.25, 0.3) is 11.3 Å². The van der Waals surface area contributed by atoms with Crippen molar-refractivity contribution in [3.05, 3.63) is 53.7 Å². The van der Waals surface area contributed by atoms with Gasteiger partial charge in [0.15, 0.2) is 17.3 Å². The Bertz CT molecular complexity index is 1130. The molecule has 1 aliphatic rings. The molecule has 3 aromatic rings. The molecule has 0 spiro atoms. The molecule has 2 amide bonds. The summed E-state index contributed by atoms with van der Waals surface area (Å²) in [5.41, 5.74) is 1.90. The van der Waals surface area contributed by atoms with Crippen LogP contribution in [0.15, 0.2) is 42.2 Å². The van der Waals surface area contributed by atoms with Gasteiger partial charge in [-0.3, -0.25) is 9.59 Å². The predicted molar refractivity (Wildman–Crippen MR) is 116 cm³/mol. The maximum Gasteiger partial charge on any atom is 0.338 e. The number of carbonyl (C=O) groups excluding carboxylic acids is 3. The van der Waals surface area contributed by atoms with Gasteiger partial charge in [-0.05, 0) is 31.2 Å². The predicted octanol–water partition coefficient (Wildman–Crippen LogP) is 1.67. The van der Waals surface area contributed by atoms with Crippen LogP contribution in [0, 0.1) is 5.82 Å². The summed E-state index contributed by atoms with van der Waals surface area (Å²) in [6.07, 6.45) is 1.15. The van der Waals surface area contributed by atoms with Crippen molar-refractivity contribution < 1.29 is 28.2 Å². The van der Waals surface area contributed by atoms with Crippen LogP contribution in [0.2, 0.25) is 0 Å². The molecule has 0 radical (unpaired) electrons. The summed E-state index contributed by atoms with van der Waals surface area (Å²) in [4.78, 5) is 48.4. The van der Waals surface area contributed by atoms with E-state index in [1.165, 1.54) is 36.0 Å². The lowest BCUT2D eigenvalue weighted by Gasteiger charge is -2.16. The van der Waals surface area contributed by atoms with E-state index in [1.54, 1.807) is 24.4 Å². The molecule has 33 heavy (non-hydrogen) atoms. The number of nitrogens with zero attached hydrogens (tertiary/aromatic N) is 2. The second-order valence-electron chi connectivity index (χ2n) is 7.11. The molecule has 1 saturated heterocycles. The molecular formula is C21H20FN5O5S. The number of anilines is 1. The van der Waals surface area contributed by atoms with Crippen molar-refractivity contribution in [3.63, 3.8) is 0 Å². The average Bonchev–Trinajstić information content (AvgIpc) is 3.19. The summed E-state index contributed by atoms with van der Waals surface area (Å²) in [6.45, 7) is 1.83. The topological polar surface area (TPSA) is 139 Å². The van der Waals surface area contributed by atoms with Crippen LogP contribution in [-0.4, -0.2) is 57.6 Å². The number of hydrogen-bond acceptors (Lipinski definition) is 8. The molecular weight excluding hydrogens is 453 g/mol. The third kappa shape index (κ3) is 5.59. The molecule has 3 atom stereocenters. The number of imidazole rings is 1. The maximum absolute atomic E-state index is 13.1. The third-order valence-corrected chi connectivity index (χ3v) is 5.51. The summed E-state index contributed by atoms with van der Waals surface area (Å²) >= 11 is 1.19. The number of ether oxygens (including phenoxy) is 2. The lowest BCUT2D eigenvalue weighted by Crippen LogP contribution is -2.47. The standard InChI is InChI=1S/C21H20FN5O5S/c1-2-31-20(30)17-16(32-17)19(29)25-14(7-13-8-23-10-24-13)18(28)27-21-26-15(9-33-21)11-3-5-12(22)6-4-11/h3-6,8-10,14,16-17H,2,7H2,1H3,(H,23,24)(H,25,29)(H,26,27,28)/t14-,16+,17+/m0/s1. The lowest BCUT2D eigenvalue weighted by molar-refractivity contribution is -0.144. The number of H-pyrrole nitrogens is 1. The van der Waals surface area contributed by atoms with Crippen LogP contribution in [0.3, 0.4) is 0 Å². The fraction of sp³-hybridized carbons (Fsp3) is 0.286. The summed E-state index contributed by atoms with van der Waals surface area (Å²) in [7, 11) is 0. The zero-order chi connectivity index (χ0) is 23.4. The van der Waals surface area contributed by atoms with Gasteiger partial charge in [-0.15, -0.1) is 11.3 Å². The van der Waals surface area contributed by atoms with Crippen molar-refractivity contribution in [1.29, 1.82) is 0 Å². The van der Waals surface area contributed by atoms with Crippen molar-refractivity contribution in [1.82, 2.24) is 20.3 Å². The Hall–Kier alpha value is -3.64. The summed E-state index contributed by atoms with van der Waals surface area (Å²) in [5, 5.41) is 7.35. The Morgan fingerprint density at radius 2 is 2.06 bits per heavy atom. The molecule has 10 nitrogen and oxygen atoms in total. The number of aromatic nitrogens is 3. The fourth-order valence-electron chi connectivity index (χ4n) is 3.07. The first-order valence-electron chi connectivity index (χ1n) is 10.1. The van der Waals surface area contributed by atoms with E-state index in [0.717, 1.165) is 0 Å². The first kappa shape index (κ1) is 22.6. The van der Waals surface area contributed by atoms with Gasteiger partial charge in [-0.2, -0.15) is 0 Å². The summed E-state index contributed by atoms with van der Waals surface area (Å²) < 4.78 is 23.1. The van der Waals surface area contributed by atoms with E-state index < -0.39 is 36.0 Å². The normalized spacial score (nSPS) is 17.8. The Morgan fingerprint density at radius 3 is 2.76 bits per heavy atom. The number of aromatic amines is 1. The molecule has 4 rings (SSSR count). The van der Waals surface area contributed by atoms with E-state index >= 15 is 0 Å². The molecule has 0 bridgehead atoms. The first-order chi connectivity index (χ1) is 15.9. The van der Waals surface area contributed by atoms with E-state index in [9.17, 15) is 18.8 Å². The molecule has 0 aliphatic carbocycles. The van der Waals surface area contributed by atoms with Crippen molar-refractivity contribution >= 4 is 34.3 Å². The highest BCUT2D eigenvalue weighted by Crippen LogP contribution is 2.26. The van der Waals surface area contributed by atoms with Gasteiger partial charge in [0, 0.05) is 29.3 Å². The number of epoxide rings is 1. The minimum Gasteiger partial charge on any atom is -0.464 e. The number of hydrogen-bond donors (Lipinski definition) is 3. The molecule has 172 valence electrons. The minimum absolute atomic E-state index is 0.130. The molecule has 1 aromatic carbocycles. The average molecular weight is 473 g/mol. The van der Waals surface area contributed by atoms with E-state index in [2.05, 4.69) is 25.6 Å². The third-order valence-electron chi connectivity index (χ3n) is 4.76. The minimum atomic E-state index is -1.01. The van der Waals surface area contributed by atoms with Crippen LogP contribution >= 0.6 is 11.3 Å². The molecule has 0 unspecified atom stereocenters. The van der Waals surface area contributed by atoms with Gasteiger partial charge in [0.25, 0.3) is 5.91 Å². The Kier molecular flexibility index (Phi) is 6.75. The summed E-state index contributed by atoms with van der Waals surface area (Å²) in [6, 6.07) is 4.85. The van der Waals surface area contributed by atoms with Crippen LogP contribution in [0.4, 0.5) is 9.52 Å². The van der Waals surface area contributed by atoms with E-state index in [-0.39, 0.29) is 18.8 Å². The quantitative estimate of drug-likeness (QED) is 0.317. The van der Waals surface area contributed by atoms with Crippen molar-refractivity contribution in [2.45, 2.75) is 31.6 Å². The number of nitrogens with one attached hydrogen (secondary N) is 3.